The number of hydrogen-bond donors (Lipinski definition) is 0. The molecular weight excluding hydrogens is 342 g/mol. The molecule has 0 radical (unpaired) electrons. The highest BCUT2D eigenvalue weighted by atomic mass is 16.5. The fraction of sp³-hybridized carbons (Fsp3) is 0.579. The highest BCUT2D eigenvalue weighted by Gasteiger charge is 2.22. The summed E-state index contributed by atoms with van der Waals surface area (Å²) in [6, 6.07) is 3.90. The molecule has 2 aromatic rings. The molecule has 0 N–H and O–H groups in total. The quantitative estimate of drug-likeness (QED) is 0.809. The van der Waals surface area contributed by atoms with Crippen molar-refractivity contribution >= 4 is 17.6 Å². The molecule has 4 heterocycles. The normalized spacial score (nSPS) is 20.7. The van der Waals surface area contributed by atoms with Crippen molar-refractivity contribution in [3.63, 3.8) is 0 Å². The van der Waals surface area contributed by atoms with Gasteiger partial charge in [-0.1, -0.05) is 6.92 Å². The molecular formula is C19H27N7O. The topological polar surface area (TPSA) is 70.5 Å². The van der Waals surface area contributed by atoms with Crippen LogP contribution in [0.25, 0.3) is 0 Å². The van der Waals surface area contributed by atoms with Gasteiger partial charge in [0.25, 0.3) is 0 Å². The smallest absolute Gasteiger partial charge is 0.228 e. The zero-order valence-electron chi connectivity index (χ0n) is 16.1. The van der Waals surface area contributed by atoms with Crippen LogP contribution in [-0.4, -0.2) is 66.3 Å². The van der Waals surface area contributed by atoms with E-state index >= 15 is 0 Å². The maximum absolute atomic E-state index is 5.20. The van der Waals surface area contributed by atoms with Crippen molar-refractivity contribution in [1.82, 2.24) is 19.9 Å². The molecule has 4 rings (SSSR count). The summed E-state index contributed by atoms with van der Waals surface area (Å²) in [6.45, 7) is 7.95. The van der Waals surface area contributed by atoms with Gasteiger partial charge in [0.1, 0.15) is 18.0 Å². The number of rotatable bonds is 4. The summed E-state index contributed by atoms with van der Waals surface area (Å²) >= 11 is 0. The van der Waals surface area contributed by atoms with Crippen LogP contribution in [0.1, 0.15) is 19.8 Å². The summed E-state index contributed by atoms with van der Waals surface area (Å²) in [5.41, 5.74) is 0. The van der Waals surface area contributed by atoms with Crippen molar-refractivity contribution in [3.8, 4) is 5.88 Å². The third-order valence-corrected chi connectivity index (χ3v) is 5.33. The summed E-state index contributed by atoms with van der Waals surface area (Å²) in [5.74, 6) is 4.09. The van der Waals surface area contributed by atoms with E-state index in [1.165, 1.54) is 12.8 Å². The van der Waals surface area contributed by atoms with Crippen molar-refractivity contribution in [1.29, 1.82) is 0 Å². The zero-order valence-corrected chi connectivity index (χ0v) is 16.1. The third-order valence-electron chi connectivity index (χ3n) is 5.33. The van der Waals surface area contributed by atoms with Gasteiger partial charge in [0.2, 0.25) is 11.8 Å². The molecule has 1 atom stereocenters. The number of ether oxygens (including phenoxy) is 1. The number of piperidine rings is 1. The minimum atomic E-state index is 0.596. The summed E-state index contributed by atoms with van der Waals surface area (Å²) in [5, 5.41) is 0. The third kappa shape index (κ3) is 4.04. The molecule has 0 aromatic carbocycles. The molecule has 0 spiro atoms. The maximum atomic E-state index is 5.20. The first-order valence-corrected chi connectivity index (χ1v) is 9.67. The average Bonchev–Trinajstić information content (AvgIpc) is 2.74. The first-order valence-electron chi connectivity index (χ1n) is 9.67. The molecule has 27 heavy (non-hydrogen) atoms. The molecule has 0 bridgehead atoms. The van der Waals surface area contributed by atoms with Crippen LogP contribution in [0, 0.1) is 5.92 Å². The first kappa shape index (κ1) is 17.8. The van der Waals surface area contributed by atoms with Crippen LogP contribution < -0.4 is 19.4 Å². The molecule has 8 nitrogen and oxygen atoms in total. The molecule has 2 fully saturated rings. The van der Waals surface area contributed by atoms with Crippen molar-refractivity contribution < 1.29 is 4.74 Å². The Morgan fingerprint density at radius 3 is 2.44 bits per heavy atom. The van der Waals surface area contributed by atoms with Gasteiger partial charge < -0.3 is 19.4 Å². The molecule has 8 heteroatoms. The van der Waals surface area contributed by atoms with E-state index in [0.717, 1.165) is 62.8 Å². The van der Waals surface area contributed by atoms with E-state index < -0.39 is 0 Å². The lowest BCUT2D eigenvalue weighted by Gasteiger charge is -2.36. The monoisotopic (exact) mass is 369 g/mol. The van der Waals surface area contributed by atoms with Crippen molar-refractivity contribution in [3.05, 3.63) is 24.7 Å². The van der Waals surface area contributed by atoms with Crippen molar-refractivity contribution in [2.45, 2.75) is 19.8 Å². The number of anilines is 3. The second-order valence-corrected chi connectivity index (χ2v) is 7.30. The van der Waals surface area contributed by atoms with Gasteiger partial charge >= 0.3 is 0 Å². The van der Waals surface area contributed by atoms with Crippen LogP contribution in [0.15, 0.2) is 24.7 Å². The van der Waals surface area contributed by atoms with Crippen LogP contribution in [-0.2, 0) is 0 Å². The lowest BCUT2D eigenvalue weighted by Crippen LogP contribution is -2.47. The van der Waals surface area contributed by atoms with Gasteiger partial charge in [-0.2, -0.15) is 4.98 Å². The zero-order chi connectivity index (χ0) is 18.6. The van der Waals surface area contributed by atoms with Crippen LogP contribution in [0.3, 0.4) is 0 Å². The van der Waals surface area contributed by atoms with Crippen LogP contribution in [0.5, 0.6) is 5.88 Å². The Labute approximate surface area is 160 Å². The summed E-state index contributed by atoms with van der Waals surface area (Å²) in [7, 11) is 1.62. The van der Waals surface area contributed by atoms with Crippen LogP contribution in [0.2, 0.25) is 0 Å². The van der Waals surface area contributed by atoms with Gasteiger partial charge in [0.05, 0.1) is 7.11 Å². The minimum Gasteiger partial charge on any atom is -0.481 e. The van der Waals surface area contributed by atoms with Crippen molar-refractivity contribution in [2.24, 2.45) is 5.92 Å². The van der Waals surface area contributed by atoms with Gasteiger partial charge in [0.15, 0.2) is 0 Å². The van der Waals surface area contributed by atoms with E-state index in [2.05, 4.69) is 47.6 Å². The molecule has 1 unspecified atom stereocenters. The standard InChI is InChI=1S/C19H27N7O/c1-15-4-3-7-26(13-15)17-12-16(21-14-22-17)24-8-10-25(11-9-24)19-20-6-5-18(23-19)27-2/h5-6,12,14-15H,3-4,7-11,13H2,1-2H3. The highest BCUT2D eigenvalue weighted by molar-refractivity contribution is 5.51. The second-order valence-electron chi connectivity index (χ2n) is 7.30. The molecule has 144 valence electrons. The van der Waals surface area contributed by atoms with Gasteiger partial charge in [-0.15, -0.1) is 0 Å². The Morgan fingerprint density at radius 2 is 1.70 bits per heavy atom. The largest absolute Gasteiger partial charge is 0.481 e. The lowest BCUT2D eigenvalue weighted by molar-refractivity contribution is 0.396. The molecule has 0 saturated carbocycles. The fourth-order valence-electron chi connectivity index (χ4n) is 3.81. The molecule has 0 aliphatic carbocycles. The SMILES string of the molecule is COc1ccnc(N2CCN(c3cc(N4CCCC(C)C4)ncn3)CC2)n1. The summed E-state index contributed by atoms with van der Waals surface area (Å²) in [4.78, 5) is 24.7. The van der Waals surface area contributed by atoms with Gasteiger partial charge in [-0.25, -0.2) is 15.0 Å². The Hall–Kier alpha value is -2.64. The Balaban J connectivity index is 1.41. The van der Waals surface area contributed by atoms with Crippen LogP contribution >= 0.6 is 0 Å². The van der Waals surface area contributed by atoms with Gasteiger partial charge in [0, 0.05) is 57.6 Å². The van der Waals surface area contributed by atoms with Crippen molar-refractivity contribution in [2.75, 3.05) is 61.1 Å². The molecule has 2 saturated heterocycles. The maximum Gasteiger partial charge on any atom is 0.228 e. The van der Waals surface area contributed by atoms with E-state index in [4.69, 9.17) is 4.74 Å². The Morgan fingerprint density at radius 1 is 0.963 bits per heavy atom. The summed E-state index contributed by atoms with van der Waals surface area (Å²) in [6.07, 6.45) is 5.98. The molecule has 2 aliphatic heterocycles. The molecule has 2 aromatic heterocycles. The van der Waals surface area contributed by atoms with Gasteiger partial charge in [-0.3, -0.25) is 0 Å². The van der Waals surface area contributed by atoms with E-state index in [1.807, 2.05) is 0 Å². The number of aromatic nitrogens is 4. The number of methoxy groups -OCH3 is 1. The van der Waals surface area contributed by atoms with E-state index in [9.17, 15) is 0 Å². The predicted molar refractivity (Wildman–Crippen MR) is 106 cm³/mol. The van der Waals surface area contributed by atoms with E-state index in [-0.39, 0.29) is 0 Å². The number of hydrogen-bond acceptors (Lipinski definition) is 8. The molecule has 2 aliphatic rings. The highest BCUT2D eigenvalue weighted by Crippen LogP contribution is 2.24. The average molecular weight is 369 g/mol. The van der Waals surface area contributed by atoms with E-state index in [1.54, 1.807) is 25.7 Å². The second kappa shape index (κ2) is 7.94. The molecule has 0 amide bonds. The summed E-state index contributed by atoms with van der Waals surface area (Å²) < 4.78 is 5.20. The Bertz CT molecular complexity index is 763. The number of nitrogens with zero attached hydrogens (tertiary/aromatic N) is 7. The minimum absolute atomic E-state index is 0.596. The first-order chi connectivity index (χ1) is 13.2. The lowest BCUT2D eigenvalue weighted by atomic mass is 10.0. The fourth-order valence-corrected chi connectivity index (χ4v) is 3.81. The van der Waals surface area contributed by atoms with E-state index in [0.29, 0.717) is 5.88 Å². The number of piperazine rings is 1. The Kier molecular flexibility index (Phi) is 5.22. The van der Waals surface area contributed by atoms with Crippen LogP contribution in [0.4, 0.5) is 17.6 Å². The predicted octanol–water partition coefficient (Wildman–Crippen LogP) is 1.84. The van der Waals surface area contributed by atoms with Gasteiger partial charge in [-0.05, 0) is 18.8 Å².